The van der Waals surface area contributed by atoms with Gasteiger partial charge in [0.1, 0.15) is 0 Å². The Bertz CT molecular complexity index is 142. The summed E-state index contributed by atoms with van der Waals surface area (Å²) in [7, 11) is -2.31. The van der Waals surface area contributed by atoms with Gasteiger partial charge in [-0.1, -0.05) is 13.3 Å². The first-order valence-electron chi connectivity index (χ1n) is 3.75. The van der Waals surface area contributed by atoms with E-state index in [1.165, 1.54) is 6.92 Å². The van der Waals surface area contributed by atoms with Crippen molar-refractivity contribution in [2.45, 2.75) is 38.8 Å². The molecule has 0 aliphatic rings. The van der Waals surface area contributed by atoms with Gasteiger partial charge in [-0.3, -0.25) is 4.79 Å². The van der Waals surface area contributed by atoms with Gasteiger partial charge in [0.25, 0.3) is 0 Å². The highest BCUT2D eigenvalue weighted by molar-refractivity contribution is 7.40. The molecule has 0 saturated carbocycles. The molecule has 0 spiro atoms. The summed E-state index contributed by atoms with van der Waals surface area (Å²) in [4.78, 5) is 19.4. The van der Waals surface area contributed by atoms with Crippen molar-refractivity contribution in [2.75, 3.05) is 0 Å². The summed E-state index contributed by atoms with van der Waals surface area (Å²) in [5.74, 6) is -0.179. The maximum absolute atomic E-state index is 10.7. The Labute approximate surface area is 67.7 Å². The number of hydrogen-bond donors (Lipinski definition) is 1. The van der Waals surface area contributed by atoms with Gasteiger partial charge < -0.3 is 0 Å². The maximum atomic E-state index is 10.7. The Morgan fingerprint density at radius 1 is 1.64 bits per heavy atom. The van der Waals surface area contributed by atoms with Crippen LogP contribution in [0.3, 0.4) is 0 Å². The molecule has 0 aromatic heterocycles. The van der Waals surface area contributed by atoms with Gasteiger partial charge in [-0.2, -0.15) is 4.89 Å². The van der Waals surface area contributed by atoms with Crippen molar-refractivity contribution in [3.05, 3.63) is 0 Å². The number of carbonyl (C=O) groups is 1. The topological polar surface area (TPSA) is 54.4 Å². The zero-order valence-corrected chi connectivity index (χ0v) is 7.80. The standard InChI is InChI=1S/C7H13O3P/c1-3-4-5-7(6(2)8)11(9)10/h7H,3-5H2,1-2H3/p+1. The molecule has 0 aliphatic carbocycles. The van der Waals surface area contributed by atoms with E-state index in [-0.39, 0.29) is 5.78 Å². The summed E-state index contributed by atoms with van der Waals surface area (Å²) >= 11 is 0. The molecule has 0 aliphatic heterocycles. The molecule has 4 heteroatoms. The molecule has 0 bridgehead atoms. The molecule has 2 atom stereocenters. The van der Waals surface area contributed by atoms with Crippen LogP contribution in [-0.2, 0) is 9.36 Å². The lowest BCUT2D eigenvalue weighted by Gasteiger charge is -1.97. The zero-order chi connectivity index (χ0) is 8.85. The molecule has 0 amide bonds. The minimum atomic E-state index is -2.31. The third-order valence-corrected chi connectivity index (χ3v) is 2.72. The highest BCUT2D eigenvalue weighted by Crippen LogP contribution is 2.27. The first-order valence-corrected chi connectivity index (χ1v) is 5.03. The van der Waals surface area contributed by atoms with Gasteiger partial charge in [-0.15, -0.1) is 0 Å². The quantitative estimate of drug-likeness (QED) is 0.652. The van der Waals surface area contributed by atoms with Gasteiger partial charge in [-0.25, -0.2) is 0 Å². The second-order valence-corrected chi connectivity index (χ2v) is 3.80. The molecule has 0 saturated heterocycles. The van der Waals surface area contributed by atoms with Crippen molar-refractivity contribution in [1.29, 1.82) is 0 Å². The summed E-state index contributed by atoms with van der Waals surface area (Å²) in [6.45, 7) is 3.35. The Morgan fingerprint density at radius 2 is 2.18 bits per heavy atom. The van der Waals surface area contributed by atoms with Gasteiger partial charge in [0.15, 0.2) is 5.78 Å². The van der Waals surface area contributed by atoms with E-state index in [9.17, 15) is 9.36 Å². The molecule has 0 aromatic rings. The zero-order valence-electron chi connectivity index (χ0n) is 6.91. The minimum absolute atomic E-state index is 0.179. The molecule has 0 radical (unpaired) electrons. The van der Waals surface area contributed by atoms with Crippen LogP contribution in [0.4, 0.5) is 0 Å². The van der Waals surface area contributed by atoms with E-state index < -0.39 is 13.7 Å². The van der Waals surface area contributed by atoms with E-state index in [1.807, 2.05) is 6.92 Å². The van der Waals surface area contributed by atoms with Crippen LogP contribution in [0.5, 0.6) is 0 Å². The molecule has 0 heterocycles. The maximum Gasteiger partial charge on any atom is 0.516 e. The lowest BCUT2D eigenvalue weighted by molar-refractivity contribution is -0.116. The largest absolute Gasteiger partial charge is 0.516 e. The second-order valence-electron chi connectivity index (χ2n) is 2.57. The molecule has 2 unspecified atom stereocenters. The summed E-state index contributed by atoms with van der Waals surface area (Å²) in [6.07, 6.45) is 2.33. The van der Waals surface area contributed by atoms with E-state index in [0.29, 0.717) is 6.42 Å². The van der Waals surface area contributed by atoms with E-state index in [1.54, 1.807) is 0 Å². The van der Waals surface area contributed by atoms with Crippen LogP contribution < -0.4 is 0 Å². The number of hydrogen-bond acceptors (Lipinski definition) is 2. The Hall–Kier alpha value is -0.270. The molecule has 0 aromatic carbocycles. The monoisotopic (exact) mass is 177 g/mol. The lowest BCUT2D eigenvalue weighted by atomic mass is 10.1. The molecular weight excluding hydrogens is 163 g/mol. The normalized spacial score (nSPS) is 14.3. The van der Waals surface area contributed by atoms with E-state index in [0.717, 1.165) is 12.8 Å². The van der Waals surface area contributed by atoms with Crippen LogP contribution in [0.25, 0.3) is 0 Å². The van der Waals surface area contributed by atoms with E-state index in [4.69, 9.17) is 4.89 Å². The summed E-state index contributed by atoms with van der Waals surface area (Å²) in [5.41, 5.74) is -0.634. The van der Waals surface area contributed by atoms with Gasteiger partial charge in [-0.05, 0) is 17.9 Å². The van der Waals surface area contributed by atoms with Crippen molar-refractivity contribution in [1.82, 2.24) is 0 Å². The number of carbonyl (C=O) groups excluding carboxylic acids is 1. The summed E-state index contributed by atoms with van der Waals surface area (Å²) in [6, 6.07) is 0. The summed E-state index contributed by atoms with van der Waals surface area (Å²) in [5, 5.41) is 0. The first kappa shape index (κ1) is 10.7. The third kappa shape index (κ3) is 4.23. The van der Waals surface area contributed by atoms with Crippen LogP contribution in [0, 0.1) is 0 Å². The number of rotatable bonds is 5. The van der Waals surface area contributed by atoms with E-state index >= 15 is 0 Å². The average molecular weight is 177 g/mol. The van der Waals surface area contributed by atoms with Gasteiger partial charge >= 0.3 is 8.03 Å². The van der Waals surface area contributed by atoms with Crippen LogP contribution in [-0.4, -0.2) is 16.3 Å². The molecule has 0 rings (SSSR count). The van der Waals surface area contributed by atoms with Crippen molar-refractivity contribution < 1.29 is 14.3 Å². The highest BCUT2D eigenvalue weighted by atomic mass is 31.1. The molecule has 3 nitrogen and oxygen atoms in total. The minimum Gasteiger partial charge on any atom is -0.295 e. The SMILES string of the molecule is CCCCC(C(C)=O)[P+](=O)O. The highest BCUT2D eigenvalue weighted by Gasteiger charge is 2.32. The van der Waals surface area contributed by atoms with Crippen molar-refractivity contribution in [2.24, 2.45) is 0 Å². The molecular formula is C7H14O3P+. The van der Waals surface area contributed by atoms with Crippen molar-refractivity contribution in [3.63, 3.8) is 0 Å². The number of ketones is 1. The first-order chi connectivity index (χ1) is 5.09. The van der Waals surface area contributed by atoms with E-state index in [2.05, 4.69) is 0 Å². The second kappa shape index (κ2) is 5.39. The smallest absolute Gasteiger partial charge is 0.295 e. The fraction of sp³-hybridized carbons (Fsp3) is 0.857. The lowest BCUT2D eigenvalue weighted by Crippen LogP contribution is -2.12. The van der Waals surface area contributed by atoms with Crippen molar-refractivity contribution >= 4 is 13.8 Å². The fourth-order valence-electron chi connectivity index (χ4n) is 0.867. The Balaban J connectivity index is 3.90. The van der Waals surface area contributed by atoms with Crippen LogP contribution >= 0.6 is 8.03 Å². The van der Waals surface area contributed by atoms with Crippen LogP contribution in [0.2, 0.25) is 0 Å². The Kier molecular flexibility index (Phi) is 5.26. The predicted molar refractivity (Wildman–Crippen MR) is 43.8 cm³/mol. The molecule has 1 N–H and O–H groups in total. The molecule has 0 fully saturated rings. The van der Waals surface area contributed by atoms with Crippen LogP contribution in [0.1, 0.15) is 33.1 Å². The van der Waals surface area contributed by atoms with Gasteiger partial charge in [0.2, 0.25) is 5.66 Å². The third-order valence-electron chi connectivity index (χ3n) is 1.57. The van der Waals surface area contributed by atoms with Crippen LogP contribution in [0.15, 0.2) is 0 Å². The molecule has 64 valence electrons. The predicted octanol–water partition coefficient (Wildman–Crippen LogP) is 1.87. The van der Waals surface area contributed by atoms with Crippen molar-refractivity contribution in [3.8, 4) is 0 Å². The summed E-state index contributed by atoms with van der Waals surface area (Å²) < 4.78 is 10.6. The van der Waals surface area contributed by atoms with Gasteiger partial charge in [0.05, 0.1) is 0 Å². The number of unbranched alkanes of at least 4 members (excludes halogenated alkanes) is 1. The molecule has 11 heavy (non-hydrogen) atoms. The van der Waals surface area contributed by atoms with Gasteiger partial charge in [0, 0.05) is 6.42 Å². The Morgan fingerprint density at radius 3 is 2.45 bits per heavy atom. The fourth-order valence-corrected chi connectivity index (χ4v) is 1.58. The number of Topliss-reactive ketones (excluding diaryl/α,β-unsaturated/α-hetero) is 1. The average Bonchev–Trinajstić information content (AvgIpc) is 1.87.